The van der Waals surface area contributed by atoms with Crippen LogP contribution in [0.4, 0.5) is 5.69 Å². The molecule has 2 aromatic rings. The second-order valence-corrected chi connectivity index (χ2v) is 4.37. The molecule has 0 unspecified atom stereocenters. The van der Waals surface area contributed by atoms with Crippen LogP contribution < -0.4 is 11.1 Å². The molecule has 0 aliphatic heterocycles. The van der Waals surface area contributed by atoms with Gasteiger partial charge in [0, 0.05) is 6.54 Å². The van der Waals surface area contributed by atoms with Crippen LogP contribution in [0.1, 0.15) is 16.7 Å². The summed E-state index contributed by atoms with van der Waals surface area (Å²) in [5.41, 5.74) is 9.50. The maximum Gasteiger partial charge on any atom is 0.101 e. The van der Waals surface area contributed by atoms with Gasteiger partial charge in [-0.15, -0.1) is 0 Å². The lowest BCUT2D eigenvalue weighted by molar-refractivity contribution is 0.966. The van der Waals surface area contributed by atoms with Crippen molar-refractivity contribution in [3.05, 3.63) is 65.2 Å². The van der Waals surface area contributed by atoms with Crippen LogP contribution in [0.2, 0.25) is 0 Å². The number of nitrogens with two attached hydrogens (primary N) is 1. The number of rotatable bonds is 5. The molecule has 0 aliphatic rings. The maximum absolute atomic E-state index is 9.01. The van der Waals surface area contributed by atoms with Crippen LogP contribution in [0.5, 0.6) is 0 Å². The molecule has 0 aromatic heterocycles. The molecule has 0 heterocycles. The van der Waals surface area contributed by atoms with Crippen LogP contribution in [0, 0.1) is 11.3 Å². The number of anilines is 1. The Labute approximate surface area is 113 Å². The number of nitrogens with one attached hydrogen (secondary N) is 1. The Balaban J connectivity index is 2.00. The minimum Gasteiger partial charge on any atom is -0.380 e. The molecular weight excluding hydrogens is 234 g/mol. The van der Waals surface area contributed by atoms with Gasteiger partial charge in [-0.25, -0.2) is 0 Å². The third kappa shape index (κ3) is 3.57. The van der Waals surface area contributed by atoms with E-state index < -0.39 is 0 Å². The first-order valence-corrected chi connectivity index (χ1v) is 6.34. The molecule has 0 saturated heterocycles. The molecule has 0 fully saturated rings. The van der Waals surface area contributed by atoms with Crippen molar-refractivity contribution >= 4 is 5.69 Å². The van der Waals surface area contributed by atoms with Gasteiger partial charge >= 0.3 is 0 Å². The third-order valence-electron chi connectivity index (χ3n) is 2.99. The zero-order valence-corrected chi connectivity index (χ0v) is 10.8. The molecule has 0 spiro atoms. The van der Waals surface area contributed by atoms with Crippen molar-refractivity contribution in [2.24, 2.45) is 5.73 Å². The zero-order valence-electron chi connectivity index (χ0n) is 10.8. The minimum absolute atomic E-state index is 0.669. The summed E-state index contributed by atoms with van der Waals surface area (Å²) < 4.78 is 0. The van der Waals surface area contributed by atoms with Gasteiger partial charge in [-0.1, -0.05) is 36.4 Å². The van der Waals surface area contributed by atoms with Gasteiger partial charge in [-0.3, -0.25) is 0 Å². The molecule has 0 aliphatic carbocycles. The van der Waals surface area contributed by atoms with E-state index in [2.05, 4.69) is 35.7 Å². The Morgan fingerprint density at radius 3 is 2.37 bits per heavy atom. The van der Waals surface area contributed by atoms with E-state index in [0.29, 0.717) is 18.7 Å². The first-order valence-electron chi connectivity index (χ1n) is 6.34. The fourth-order valence-corrected chi connectivity index (χ4v) is 1.92. The molecule has 3 heteroatoms. The molecular formula is C16H17N3. The summed E-state index contributed by atoms with van der Waals surface area (Å²) in [7, 11) is 0. The number of hydrogen-bond donors (Lipinski definition) is 2. The molecule has 2 aromatic carbocycles. The smallest absolute Gasteiger partial charge is 0.101 e. The molecule has 0 radical (unpaired) electrons. The monoisotopic (exact) mass is 251 g/mol. The highest BCUT2D eigenvalue weighted by atomic mass is 14.9. The van der Waals surface area contributed by atoms with E-state index >= 15 is 0 Å². The lowest BCUT2D eigenvalue weighted by Gasteiger charge is -2.08. The highest BCUT2D eigenvalue weighted by Crippen LogP contribution is 2.15. The van der Waals surface area contributed by atoms with Crippen molar-refractivity contribution in [2.45, 2.75) is 13.0 Å². The SMILES string of the molecule is N#Cc1ccccc1NCc1ccc(CCN)cc1. The molecule has 96 valence electrons. The summed E-state index contributed by atoms with van der Waals surface area (Å²) in [6.45, 7) is 1.38. The molecule has 19 heavy (non-hydrogen) atoms. The average Bonchev–Trinajstić information content (AvgIpc) is 2.47. The molecule has 0 amide bonds. The Kier molecular flexibility index (Phi) is 4.54. The summed E-state index contributed by atoms with van der Waals surface area (Å²) in [6, 6.07) is 18.1. The predicted octanol–water partition coefficient (Wildman–Crippen LogP) is 2.67. The summed E-state index contributed by atoms with van der Waals surface area (Å²) in [5.74, 6) is 0. The van der Waals surface area contributed by atoms with Gasteiger partial charge in [-0.05, 0) is 36.2 Å². The molecule has 3 nitrogen and oxygen atoms in total. The first-order chi connectivity index (χ1) is 9.33. The highest BCUT2D eigenvalue weighted by Gasteiger charge is 2.00. The molecule has 0 bridgehead atoms. The Hall–Kier alpha value is -2.31. The van der Waals surface area contributed by atoms with Gasteiger partial charge in [0.25, 0.3) is 0 Å². The molecule has 0 saturated carbocycles. The number of hydrogen-bond acceptors (Lipinski definition) is 3. The largest absolute Gasteiger partial charge is 0.380 e. The molecule has 2 rings (SSSR count). The van der Waals surface area contributed by atoms with E-state index in [0.717, 1.165) is 12.1 Å². The first kappa shape index (κ1) is 13.1. The van der Waals surface area contributed by atoms with Crippen molar-refractivity contribution in [1.29, 1.82) is 5.26 Å². The van der Waals surface area contributed by atoms with Gasteiger partial charge < -0.3 is 11.1 Å². The lowest BCUT2D eigenvalue weighted by Crippen LogP contribution is -2.04. The average molecular weight is 251 g/mol. The van der Waals surface area contributed by atoms with E-state index in [1.165, 1.54) is 11.1 Å². The third-order valence-corrected chi connectivity index (χ3v) is 2.99. The summed E-state index contributed by atoms with van der Waals surface area (Å²) in [5, 5.41) is 12.3. The topological polar surface area (TPSA) is 61.8 Å². The van der Waals surface area contributed by atoms with Crippen LogP contribution in [-0.2, 0) is 13.0 Å². The number of nitrogens with zero attached hydrogens (tertiary/aromatic N) is 1. The van der Waals surface area contributed by atoms with Crippen LogP contribution in [-0.4, -0.2) is 6.54 Å². The van der Waals surface area contributed by atoms with Crippen molar-refractivity contribution in [2.75, 3.05) is 11.9 Å². The second-order valence-electron chi connectivity index (χ2n) is 4.37. The van der Waals surface area contributed by atoms with E-state index in [9.17, 15) is 0 Å². The van der Waals surface area contributed by atoms with Crippen LogP contribution in [0.3, 0.4) is 0 Å². The normalized spacial score (nSPS) is 9.89. The predicted molar refractivity (Wildman–Crippen MR) is 77.7 cm³/mol. The lowest BCUT2D eigenvalue weighted by atomic mass is 10.1. The Morgan fingerprint density at radius 2 is 1.68 bits per heavy atom. The van der Waals surface area contributed by atoms with Gasteiger partial charge in [0.2, 0.25) is 0 Å². The Morgan fingerprint density at radius 1 is 1.00 bits per heavy atom. The highest BCUT2D eigenvalue weighted by molar-refractivity contribution is 5.57. The fourth-order valence-electron chi connectivity index (χ4n) is 1.92. The number of benzene rings is 2. The maximum atomic E-state index is 9.01. The Bertz CT molecular complexity index is 567. The van der Waals surface area contributed by atoms with E-state index in [4.69, 9.17) is 11.0 Å². The van der Waals surface area contributed by atoms with E-state index in [1.54, 1.807) is 0 Å². The van der Waals surface area contributed by atoms with Crippen LogP contribution in [0.25, 0.3) is 0 Å². The summed E-state index contributed by atoms with van der Waals surface area (Å²) >= 11 is 0. The second kappa shape index (κ2) is 6.58. The van der Waals surface area contributed by atoms with Crippen LogP contribution >= 0.6 is 0 Å². The fraction of sp³-hybridized carbons (Fsp3) is 0.188. The van der Waals surface area contributed by atoms with Gasteiger partial charge in [0.1, 0.15) is 6.07 Å². The standard InChI is InChI=1S/C16H17N3/c17-10-9-13-5-7-14(8-6-13)12-19-16-4-2-1-3-15(16)11-18/h1-8,19H,9-10,12,17H2. The summed E-state index contributed by atoms with van der Waals surface area (Å²) in [4.78, 5) is 0. The zero-order chi connectivity index (χ0) is 13.5. The summed E-state index contributed by atoms with van der Waals surface area (Å²) in [6.07, 6.45) is 0.908. The van der Waals surface area contributed by atoms with Crippen molar-refractivity contribution in [3.63, 3.8) is 0 Å². The molecule has 3 N–H and O–H groups in total. The van der Waals surface area contributed by atoms with Crippen LogP contribution in [0.15, 0.2) is 48.5 Å². The van der Waals surface area contributed by atoms with Gasteiger partial charge in [-0.2, -0.15) is 5.26 Å². The minimum atomic E-state index is 0.669. The molecule has 0 atom stereocenters. The van der Waals surface area contributed by atoms with Crippen molar-refractivity contribution in [1.82, 2.24) is 0 Å². The van der Waals surface area contributed by atoms with Gasteiger partial charge in [0.05, 0.1) is 11.3 Å². The van der Waals surface area contributed by atoms with E-state index in [1.807, 2.05) is 24.3 Å². The number of para-hydroxylation sites is 1. The van der Waals surface area contributed by atoms with Crippen molar-refractivity contribution in [3.8, 4) is 6.07 Å². The number of nitriles is 1. The quantitative estimate of drug-likeness (QED) is 0.858. The van der Waals surface area contributed by atoms with Gasteiger partial charge in [0.15, 0.2) is 0 Å². The van der Waals surface area contributed by atoms with E-state index in [-0.39, 0.29) is 0 Å². The van der Waals surface area contributed by atoms with Crippen molar-refractivity contribution < 1.29 is 0 Å².